The monoisotopic (exact) mass is 268 g/mol. The Bertz CT molecular complexity index is 664. The molecular formula is C14H12N4O2. The van der Waals surface area contributed by atoms with Gasteiger partial charge < -0.3 is 5.32 Å². The van der Waals surface area contributed by atoms with E-state index in [1.165, 1.54) is 6.07 Å². The van der Waals surface area contributed by atoms with Crippen molar-refractivity contribution in [1.82, 2.24) is 10.3 Å². The molecule has 0 spiro atoms. The molecule has 0 radical (unpaired) electrons. The van der Waals surface area contributed by atoms with Gasteiger partial charge >= 0.3 is 0 Å². The van der Waals surface area contributed by atoms with Crippen molar-refractivity contribution >= 4 is 5.69 Å². The number of para-hydroxylation sites is 1. The van der Waals surface area contributed by atoms with E-state index in [9.17, 15) is 10.1 Å². The molecule has 100 valence electrons. The van der Waals surface area contributed by atoms with Crippen LogP contribution in [0.4, 0.5) is 5.69 Å². The molecule has 0 unspecified atom stereocenters. The first-order valence-electron chi connectivity index (χ1n) is 5.99. The molecule has 0 saturated heterocycles. The van der Waals surface area contributed by atoms with E-state index in [2.05, 4.69) is 10.3 Å². The Morgan fingerprint density at radius 1 is 1.30 bits per heavy atom. The van der Waals surface area contributed by atoms with E-state index < -0.39 is 4.92 Å². The second-order valence-electron chi connectivity index (χ2n) is 4.15. The van der Waals surface area contributed by atoms with Gasteiger partial charge in [0.05, 0.1) is 4.92 Å². The van der Waals surface area contributed by atoms with E-state index in [4.69, 9.17) is 5.26 Å². The summed E-state index contributed by atoms with van der Waals surface area (Å²) in [6.07, 6.45) is 1.57. The fraction of sp³-hybridized carbons (Fsp3) is 0.143. The minimum Gasteiger partial charge on any atom is -0.308 e. The van der Waals surface area contributed by atoms with Crippen LogP contribution in [0.15, 0.2) is 42.6 Å². The van der Waals surface area contributed by atoms with Crippen LogP contribution in [0.2, 0.25) is 0 Å². The van der Waals surface area contributed by atoms with Gasteiger partial charge in [-0.25, -0.2) is 4.98 Å². The molecule has 0 aliphatic carbocycles. The van der Waals surface area contributed by atoms with Crippen molar-refractivity contribution in [2.24, 2.45) is 0 Å². The molecule has 0 aliphatic rings. The Kier molecular flexibility index (Phi) is 4.37. The van der Waals surface area contributed by atoms with Gasteiger partial charge in [-0.15, -0.1) is 0 Å². The summed E-state index contributed by atoms with van der Waals surface area (Å²) >= 11 is 0. The normalized spacial score (nSPS) is 9.95. The molecule has 0 saturated carbocycles. The summed E-state index contributed by atoms with van der Waals surface area (Å²) in [4.78, 5) is 14.4. The van der Waals surface area contributed by atoms with Gasteiger partial charge in [0.2, 0.25) is 0 Å². The number of nitro groups is 1. The molecule has 6 heteroatoms. The Labute approximate surface area is 115 Å². The quantitative estimate of drug-likeness (QED) is 0.662. The summed E-state index contributed by atoms with van der Waals surface area (Å²) in [6, 6.07) is 12.1. The summed E-state index contributed by atoms with van der Waals surface area (Å²) in [6.45, 7) is 0.907. The second-order valence-corrected chi connectivity index (χ2v) is 4.15. The largest absolute Gasteiger partial charge is 0.308 e. The third-order valence-electron chi connectivity index (χ3n) is 2.77. The molecule has 0 bridgehead atoms. The highest BCUT2D eigenvalue weighted by Crippen LogP contribution is 2.17. The molecule has 1 N–H and O–H groups in total. The average molecular weight is 268 g/mol. The highest BCUT2D eigenvalue weighted by molar-refractivity contribution is 5.39. The van der Waals surface area contributed by atoms with E-state index in [-0.39, 0.29) is 5.69 Å². The Morgan fingerprint density at radius 2 is 2.10 bits per heavy atom. The number of rotatable bonds is 5. The number of nitrogens with zero attached hydrogens (tertiary/aromatic N) is 3. The van der Waals surface area contributed by atoms with Crippen molar-refractivity contribution in [3.8, 4) is 6.07 Å². The van der Waals surface area contributed by atoms with Crippen LogP contribution in [0.25, 0.3) is 0 Å². The van der Waals surface area contributed by atoms with E-state index in [1.807, 2.05) is 6.07 Å². The Hall–Kier alpha value is -2.78. The lowest BCUT2D eigenvalue weighted by molar-refractivity contribution is -0.385. The number of benzene rings is 1. The van der Waals surface area contributed by atoms with Crippen molar-refractivity contribution in [3.05, 3.63) is 69.5 Å². The summed E-state index contributed by atoms with van der Waals surface area (Å²) in [5, 5.41) is 22.7. The van der Waals surface area contributed by atoms with Crippen molar-refractivity contribution < 1.29 is 4.92 Å². The summed E-state index contributed by atoms with van der Waals surface area (Å²) in [5.74, 6) is 0. The minimum absolute atomic E-state index is 0.104. The molecule has 1 aromatic carbocycles. The van der Waals surface area contributed by atoms with Crippen molar-refractivity contribution in [2.45, 2.75) is 13.1 Å². The lowest BCUT2D eigenvalue weighted by Crippen LogP contribution is -2.14. The maximum Gasteiger partial charge on any atom is 0.273 e. The van der Waals surface area contributed by atoms with Gasteiger partial charge in [0.1, 0.15) is 11.8 Å². The second kappa shape index (κ2) is 6.41. The SMILES string of the molecule is N#Cc1cc(CNCc2ccccc2[N+](=O)[O-])ccn1. The van der Waals surface area contributed by atoms with Gasteiger partial charge in [-0.1, -0.05) is 18.2 Å². The first kappa shape index (κ1) is 13.6. The van der Waals surface area contributed by atoms with Crippen molar-refractivity contribution in [3.63, 3.8) is 0 Å². The number of nitro benzene ring substituents is 1. The van der Waals surface area contributed by atoms with Gasteiger partial charge in [-0.2, -0.15) is 5.26 Å². The number of aromatic nitrogens is 1. The first-order valence-corrected chi connectivity index (χ1v) is 5.99. The molecule has 2 aromatic rings. The average Bonchev–Trinajstić information content (AvgIpc) is 2.48. The highest BCUT2D eigenvalue weighted by Gasteiger charge is 2.11. The van der Waals surface area contributed by atoms with Crippen molar-refractivity contribution in [2.75, 3.05) is 0 Å². The molecule has 0 aliphatic heterocycles. The number of nitrogens with one attached hydrogen (secondary N) is 1. The maximum atomic E-state index is 10.9. The fourth-order valence-corrected chi connectivity index (χ4v) is 1.83. The molecule has 1 heterocycles. The van der Waals surface area contributed by atoms with Crippen LogP contribution in [0, 0.1) is 21.4 Å². The van der Waals surface area contributed by atoms with Crippen LogP contribution >= 0.6 is 0 Å². The Morgan fingerprint density at radius 3 is 2.85 bits per heavy atom. The minimum atomic E-state index is -0.392. The van der Waals surface area contributed by atoms with Crippen LogP contribution < -0.4 is 5.32 Å². The number of hydrogen-bond donors (Lipinski definition) is 1. The number of hydrogen-bond acceptors (Lipinski definition) is 5. The third kappa shape index (κ3) is 3.37. The fourth-order valence-electron chi connectivity index (χ4n) is 1.83. The molecule has 1 aromatic heterocycles. The van der Waals surface area contributed by atoms with E-state index in [0.717, 1.165) is 5.56 Å². The molecule has 2 rings (SSSR count). The first-order chi connectivity index (χ1) is 9.70. The summed E-state index contributed by atoms with van der Waals surface area (Å²) in [5.41, 5.74) is 2.00. The zero-order valence-corrected chi connectivity index (χ0v) is 10.6. The zero-order chi connectivity index (χ0) is 14.4. The molecule has 0 atom stereocenters. The maximum absolute atomic E-state index is 10.9. The third-order valence-corrected chi connectivity index (χ3v) is 2.77. The molecule has 20 heavy (non-hydrogen) atoms. The highest BCUT2D eigenvalue weighted by atomic mass is 16.6. The van der Waals surface area contributed by atoms with Gasteiger partial charge in [-0.3, -0.25) is 10.1 Å². The zero-order valence-electron chi connectivity index (χ0n) is 10.6. The molecule has 0 amide bonds. The van der Waals surface area contributed by atoms with Crippen molar-refractivity contribution in [1.29, 1.82) is 5.26 Å². The number of pyridine rings is 1. The summed E-state index contributed by atoms with van der Waals surface area (Å²) < 4.78 is 0. The standard InChI is InChI=1S/C14H12N4O2/c15-8-13-7-11(5-6-17-13)9-16-10-12-3-1-2-4-14(12)18(19)20/h1-7,16H,9-10H2. The molecule has 0 fully saturated rings. The molecule has 6 nitrogen and oxygen atoms in total. The van der Waals surface area contributed by atoms with Crippen LogP contribution in [-0.4, -0.2) is 9.91 Å². The van der Waals surface area contributed by atoms with Crippen LogP contribution in [0.3, 0.4) is 0 Å². The van der Waals surface area contributed by atoms with Crippen LogP contribution in [-0.2, 0) is 13.1 Å². The topological polar surface area (TPSA) is 91.8 Å². The van der Waals surface area contributed by atoms with Gasteiger partial charge in [-0.05, 0) is 17.7 Å². The summed E-state index contributed by atoms with van der Waals surface area (Å²) in [7, 11) is 0. The predicted octanol–water partition coefficient (Wildman–Crippen LogP) is 2.15. The van der Waals surface area contributed by atoms with E-state index in [0.29, 0.717) is 24.3 Å². The smallest absolute Gasteiger partial charge is 0.273 e. The lowest BCUT2D eigenvalue weighted by atomic mass is 10.1. The number of nitriles is 1. The van der Waals surface area contributed by atoms with Gasteiger partial charge in [0.15, 0.2) is 0 Å². The van der Waals surface area contributed by atoms with Crippen LogP contribution in [0.5, 0.6) is 0 Å². The van der Waals surface area contributed by atoms with Gasteiger partial charge in [0, 0.05) is 30.9 Å². The van der Waals surface area contributed by atoms with Gasteiger partial charge in [0.25, 0.3) is 5.69 Å². The lowest BCUT2D eigenvalue weighted by Gasteiger charge is -2.06. The Balaban J connectivity index is 2.00. The molecular weight excluding hydrogens is 256 g/mol. The van der Waals surface area contributed by atoms with E-state index in [1.54, 1.807) is 36.5 Å². The predicted molar refractivity (Wildman–Crippen MR) is 72.6 cm³/mol. The van der Waals surface area contributed by atoms with E-state index >= 15 is 0 Å². The van der Waals surface area contributed by atoms with Crippen LogP contribution in [0.1, 0.15) is 16.8 Å².